The summed E-state index contributed by atoms with van der Waals surface area (Å²) in [7, 11) is 0. The molecule has 1 atom stereocenters. The van der Waals surface area contributed by atoms with Crippen LogP contribution in [0.3, 0.4) is 0 Å². The maximum Gasteiger partial charge on any atom is 0.218 e. The van der Waals surface area contributed by atoms with Crippen LogP contribution in [0, 0.1) is 0 Å². The molecule has 0 fully saturated rings. The van der Waals surface area contributed by atoms with E-state index in [0.717, 1.165) is 0 Å². The van der Waals surface area contributed by atoms with Gasteiger partial charge in [-0.25, -0.2) is 0 Å². The lowest BCUT2D eigenvalue weighted by molar-refractivity contribution is -0.197. The van der Waals surface area contributed by atoms with Crippen molar-refractivity contribution >= 4 is 5.91 Å². The molecule has 0 aliphatic rings. The lowest BCUT2D eigenvalue weighted by atomic mass is 10.4. The lowest BCUT2D eigenvalue weighted by Crippen LogP contribution is -2.39. The largest absolute Gasteiger partial charge is 0.336 e. The molecule has 1 unspecified atom stereocenters. The molecule has 0 saturated carbocycles. The van der Waals surface area contributed by atoms with Crippen molar-refractivity contribution in [2.75, 3.05) is 0 Å². The molecule has 10 heavy (non-hydrogen) atoms. The molecule has 0 heterocycles. The van der Waals surface area contributed by atoms with E-state index in [2.05, 4.69) is 5.32 Å². The molecule has 1 amide bonds. The number of hydrogen-bond acceptors (Lipinski definition) is 2. The monoisotopic (exact) mass is 152 g/mol. The van der Waals surface area contributed by atoms with E-state index in [-0.39, 0.29) is 6.42 Å². The summed E-state index contributed by atoms with van der Waals surface area (Å²) < 4.78 is 23.4. The Balaban J connectivity index is 3.71. The average molecular weight is 152 g/mol. The zero-order valence-electron chi connectivity index (χ0n) is 5.90. The van der Waals surface area contributed by atoms with Crippen LogP contribution in [0.25, 0.3) is 0 Å². The third-order valence-corrected chi connectivity index (χ3v) is 0.992. The van der Waals surface area contributed by atoms with Gasteiger partial charge in [-0.1, -0.05) is 15.9 Å². The molecular weight excluding hydrogens is 142 g/mol. The number of carbonyl (C=O) groups excluding carboxylic acids is 1. The zero-order chi connectivity index (χ0) is 8.15. The van der Waals surface area contributed by atoms with Gasteiger partial charge in [0.15, 0.2) is 0 Å². The molecule has 0 aliphatic heterocycles. The van der Waals surface area contributed by atoms with Crippen LogP contribution < -0.4 is 5.32 Å². The van der Waals surface area contributed by atoms with E-state index < -0.39 is 17.4 Å². The molecule has 0 aromatic rings. The van der Waals surface area contributed by atoms with Crippen LogP contribution in [0.15, 0.2) is 0 Å². The van der Waals surface area contributed by atoms with Crippen LogP contribution in [0.1, 0.15) is 20.3 Å². The zero-order valence-corrected chi connectivity index (χ0v) is 5.90. The molecule has 0 spiro atoms. The fourth-order valence-electron chi connectivity index (χ4n) is 0.524. The smallest absolute Gasteiger partial charge is 0.218 e. The van der Waals surface area contributed by atoms with E-state index in [4.69, 9.17) is 0 Å². The van der Waals surface area contributed by atoms with Crippen LogP contribution in [0.5, 0.6) is 0 Å². The minimum Gasteiger partial charge on any atom is -0.336 e. The maximum atomic E-state index is 11.7. The molecule has 0 aromatic heterocycles. The molecule has 3 nitrogen and oxygen atoms in total. The molecule has 0 saturated heterocycles. The van der Waals surface area contributed by atoms with Gasteiger partial charge >= 0.3 is 0 Å². The SMILES string of the molecule is CCC(NC(C)=O)N(F)F. The average Bonchev–Trinajstić information content (AvgIpc) is 1.81. The van der Waals surface area contributed by atoms with E-state index in [9.17, 15) is 13.8 Å². The van der Waals surface area contributed by atoms with Gasteiger partial charge in [0.05, 0.1) is 0 Å². The van der Waals surface area contributed by atoms with Crippen molar-refractivity contribution in [2.24, 2.45) is 0 Å². The van der Waals surface area contributed by atoms with Crippen molar-refractivity contribution in [2.45, 2.75) is 26.4 Å². The van der Waals surface area contributed by atoms with Crippen molar-refractivity contribution in [3.63, 3.8) is 0 Å². The highest BCUT2D eigenvalue weighted by atomic mass is 19.4. The van der Waals surface area contributed by atoms with Gasteiger partial charge in [-0.15, -0.1) is 0 Å². The number of nitrogens with zero attached hydrogens (tertiary/aromatic N) is 1. The number of halogens is 2. The first-order valence-corrected chi connectivity index (χ1v) is 2.95. The molecule has 0 aromatic carbocycles. The van der Waals surface area contributed by atoms with E-state index in [1.54, 1.807) is 6.92 Å². The fourth-order valence-corrected chi connectivity index (χ4v) is 0.524. The first kappa shape index (κ1) is 9.29. The van der Waals surface area contributed by atoms with E-state index in [0.29, 0.717) is 0 Å². The normalized spacial score (nSPS) is 13.3. The summed E-state index contributed by atoms with van der Waals surface area (Å²) in [5.41, 5.74) is 0. The molecule has 0 aliphatic carbocycles. The second-order valence-corrected chi connectivity index (χ2v) is 1.88. The van der Waals surface area contributed by atoms with Crippen molar-refractivity contribution < 1.29 is 13.8 Å². The van der Waals surface area contributed by atoms with E-state index in [1.165, 1.54) is 6.92 Å². The second-order valence-electron chi connectivity index (χ2n) is 1.88. The molecule has 1 N–H and O–H groups in total. The summed E-state index contributed by atoms with van der Waals surface area (Å²) in [5.74, 6) is -0.452. The van der Waals surface area contributed by atoms with Crippen molar-refractivity contribution in [3.05, 3.63) is 0 Å². The molecule has 0 radical (unpaired) electrons. The number of carbonyl (C=O) groups is 1. The first-order chi connectivity index (χ1) is 4.57. The fraction of sp³-hybridized carbons (Fsp3) is 0.800. The highest BCUT2D eigenvalue weighted by Gasteiger charge is 2.15. The summed E-state index contributed by atoms with van der Waals surface area (Å²) >= 11 is 0. The predicted octanol–water partition coefficient (Wildman–Crippen LogP) is 0.930. The summed E-state index contributed by atoms with van der Waals surface area (Å²) in [6.45, 7) is 2.76. The summed E-state index contributed by atoms with van der Waals surface area (Å²) in [6.07, 6.45) is -0.968. The van der Waals surface area contributed by atoms with E-state index in [1.807, 2.05) is 0 Å². The Morgan fingerprint density at radius 3 is 2.30 bits per heavy atom. The van der Waals surface area contributed by atoms with Crippen molar-refractivity contribution in [1.82, 2.24) is 10.7 Å². The predicted molar refractivity (Wildman–Crippen MR) is 32.0 cm³/mol. The number of hydrogen-bond donors (Lipinski definition) is 1. The van der Waals surface area contributed by atoms with Crippen LogP contribution >= 0.6 is 0 Å². The van der Waals surface area contributed by atoms with Gasteiger partial charge in [-0.3, -0.25) is 4.79 Å². The Morgan fingerprint density at radius 2 is 2.20 bits per heavy atom. The molecule has 0 bridgehead atoms. The first-order valence-electron chi connectivity index (χ1n) is 2.95. The molecule has 60 valence electrons. The third kappa shape index (κ3) is 3.34. The molecular formula is C5H10F2N2O. The van der Waals surface area contributed by atoms with Gasteiger partial charge in [-0.2, -0.15) is 0 Å². The van der Waals surface area contributed by atoms with Gasteiger partial charge in [0, 0.05) is 12.3 Å². The van der Waals surface area contributed by atoms with Crippen LogP contribution in [-0.2, 0) is 4.79 Å². The Labute approximate surface area is 57.9 Å². The minimum atomic E-state index is -1.16. The summed E-state index contributed by atoms with van der Waals surface area (Å²) in [5, 5.41) is 1.05. The van der Waals surface area contributed by atoms with Crippen molar-refractivity contribution in [1.29, 1.82) is 0 Å². The third-order valence-electron chi connectivity index (χ3n) is 0.992. The summed E-state index contributed by atoms with van der Waals surface area (Å²) in [4.78, 5) is 10.2. The molecule has 5 heteroatoms. The number of rotatable bonds is 3. The van der Waals surface area contributed by atoms with Gasteiger partial charge in [0.25, 0.3) is 0 Å². The Kier molecular flexibility index (Phi) is 3.87. The van der Waals surface area contributed by atoms with Crippen LogP contribution in [0.4, 0.5) is 8.96 Å². The Bertz CT molecular complexity index is 118. The minimum absolute atomic E-state index is 0.187. The van der Waals surface area contributed by atoms with E-state index >= 15 is 0 Å². The van der Waals surface area contributed by atoms with Gasteiger partial charge in [-0.05, 0) is 6.42 Å². The second kappa shape index (κ2) is 4.16. The highest BCUT2D eigenvalue weighted by molar-refractivity contribution is 5.73. The summed E-state index contributed by atoms with van der Waals surface area (Å²) in [6, 6.07) is 0. The Hall–Kier alpha value is -0.710. The van der Waals surface area contributed by atoms with Gasteiger partial charge < -0.3 is 5.32 Å². The lowest BCUT2D eigenvalue weighted by Gasteiger charge is -2.14. The Morgan fingerprint density at radius 1 is 1.70 bits per heavy atom. The van der Waals surface area contributed by atoms with Crippen molar-refractivity contribution in [3.8, 4) is 0 Å². The topological polar surface area (TPSA) is 32.3 Å². The van der Waals surface area contributed by atoms with Crippen LogP contribution in [0.2, 0.25) is 0 Å². The number of amides is 1. The van der Waals surface area contributed by atoms with Gasteiger partial charge in [0.1, 0.15) is 6.17 Å². The maximum absolute atomic E-state index is 11.7. The standard InChI is InChI=1S/C5H10F2N2O/c1-3-5(9(6)7)8-4(2)10/h5H,3H2,1-2H3,(H,8,10). The van der Waals surface area contributed by atoms with Gasteiger partial charge in [0.2, 0.25) is 5.91 Å². The quantitative estimate of drug-likeness (QED) is 0.482. The van der Waals surface area contributed by atoms with Crippen LogP contribution in [-0.4, -0.2) is 17.4 Å². The highest BCUT2D eigenvalue weighted by Crippen LogP contribution is 2.00. The molecule has 0 rings (SSSR count). The number of nitrogens with one attached hydrogen (secondary N) is 1.